The fourth-order valence-corrected chi connectivity index (χ4v) is 1.32. The molecule has 3 N–H and O–H groups in total. The lowest BCUT2D eigenvalue weighted by atomic mass is 9.98. The van der Waals surface area contributed by atoms with Crippen molar-refractivity contribution in [1.82, 2.24) is 5.32 Å². The lowest BCUT2D eigenvalue weighted by Gasteiger charge is -2.16. The van der Waals surface area contributed by atoms with Crippen LogP contribution < -0.4 is 15.8 Å². The monoisotopic (exact) mass is 250 g/mol. The number of nitrogens with two attached hydrogens (primary N) is 1. The van der Waals surface area contributed by atoms with Gasteiger partial charge >= 0.3 is 0 Å². The number of nitrogen functional groups attached to an aromatic ring is 1. The van der Waals surface area contributed by atoms with Gasteiger partial charge in [0.2, 0.25) is 0 Å². The highest BCUT2D eigenvalue weighted by molar-refractivity contribution is 5.77. The van der Waals surface area contributed by atoms with Crippen LogP contribution in [0.2, 0.25) is 0 Å². The molecule has 0 aliphatic carbocycles. The largest absolute Gasteiger partial charge is 0.482 e. The van der Waals surface area contributed by atoms with Gasteiger partial charge in [0.05, 0.1) is 5.69 Å². The maximum Gasteiger partial charge on any atom is 0.257 e. The van der Waals surface area contributed by atoms with Gasteiger partial charge in [-0.05, 0) is 24.0 Å². The van der Waals surface area contributed by atoms with Crippen molar-refractivity contribution in [3.63, 3.8) is 0 Å². The third-order valence-electron chi connectivity index (χ3n) is 3.04. The second kappa shape index (κ2) is 6.89. The molecule has 4 nitrogen and oxygen atoms in total. The lowest BCUT2D eigenvalue weighted by molar-refractivity contribution is -0.123. The molecule has 1 aromatic carbocycles. The van der Waals surface area contributed by atoms with Crippen LogP contribution in [-0.4, -0.2) is 19.1 Å². The Labute approximate surface area is 109 Å². The van der Waals surface area contributed by atoms with Crippen LogP contribution in [0.15, 0.2) is 24.3 Å². The number of anilines is 1. The molecular weight excluding hydrogens is 228 g/mol. The molecule has 1 unspecified atom stereocenters. The molecule has 0 saturated heterocycles. The molecule has 0 aromatic heterocycles. The smallest absolute Gasteiger partial charge is 0.257 e. The Balaban J connectivity index is 2.32. The van der Waals surface area contributed by atoms with Crippen molar-refractivity contribution in [2.45, 2.75) is 20.8 Å². The first-order valence-corrected chi connectivity index (χ1v) is 6.24. The highest BCUT2D eigenvalue weighted by Gasteiger charge is 2.09. The Kier molecular flexibility index (Phi) is 5.49. The SMILES string of the molecule is CC(C)C(C)CNC(=O)COc1ccccc1N. The summed E-state index contributed by atoms with van der Waals surface area (Å²) >= 11 is 0. The van der Waals surface area contributed by atoms with Crippen LogP contribution in [0.3, 0.4) is 0 Å². The Morgan fingerprint density at radius 1 is 1.33 bits per heavy atom. The lowest BCUT2D eigenvalue weighted by Crippen LogP contribution is -2.33. The van der Waals surface area contributed by atoms with Gasteiger partial charge in [0, 0.05) is 6.54 Å². The molecule has 1 atom stereocenters. The maximum atomic E-state index is 11.6. The van der Waals surface area contributed by atoms with Gasteiger partial charge in [0.1, 0.15) is 5.75 Å². The summed E-state index contributed by atoms with van der Waals surface area (Å²) in [6, 6.07) is 7.14. The first-order valence-electron chi connectivity index (χ1n) is 6.24. The number of hydrogen-bond donors (Lipinski definition) is 2. The van der Waals surface area contributed by atoms with Crippen LogP contribution in [0.5, 0.6) is 5.75 Å². The van der Waals surface area contributed by atoms with Gasteiger partial charge in [-0.1, -0.05) is 32.9 Å². The summed E-state index contributed by atoms with van der Waals surface area (Å²) in [4.78, 5) is 11.6. The van der Waals surface area contributed by atoms with Crippen LogP contribution in [0.25, 0.3) is 0 Å². The van der Waals surface area contributed by atoms with E-state index in [-0.39, 0.29) is 12.5 Å². The van der Waals surface area contributed by atoms with Gasteiger partial charge in [-0.3, -0.25) is 4.79 Å². The summed E-state index contributed by atoms with van der Waals surface area (Å²) < 4.78 is 5.35. The molecule has 0 saturated carbocycles. The number of nitrogens with one attached hydrogen (secondary N) is 1. The fourth-order valence-electron chi connectivity index (χ4n) is 1.32. The highest BCUT2D eigenvalue weighted by Crippen LogP contribution is 2.19. The predicted octanol–water partition coefficient (Wildman–Crippen LogP) is 2.06. The molecule has 1 aromatic rings. The topological polar surface area (TPSA) is 64.3 Å². The van der Waals surface area contributed by atoms with E-state index in [4.69, 9.17) is 10.5 Å². The molecule has 4 heteroatoms. The van der Waals surface area contributed by atoms with Crippen LogP contribution >= 0.6 is 0 Å². The van der Waals surface area contributed by atoms with Gasteiger partial charge in [-0.25, -0.2) is 0 Å². The summed E-state index contributed by atoms with van der Waals surface area (Å²) in [7, 11) is 0. The zero-order valence-electron chi connectivity index (χ0n) is 11.3. The molecule has 0 radical (unpaired) electrons. The predicted molar refractivity (Wildman–Crippen MR) is 73.4 cm³/mol. The van der Waals surface area contributed by atoms with Crippen LogP contribution in [0.4, 0.5) is 5.69 Å². The summed E-state index contributed by atoms with van der Waals surface area (Å²) in [6.07, 6.45) is 0. The average molecular weight is 250 g/mol. The molecule has 0 aliphatic heterocycles. The number of amides is 1. The van der Waals surface area contributed by atoms with Crippen LogP contribution in [-0.2, 0) is 4.79 Å². The zero-order chi connectivity index (χ0) is 13.5. The van der Waals surface area contributed by atoms with Crippen molar-refractivity contribution in [2.75, 3.05) is 18.9 Å². The van der Waals surface area contributed by atoms with Gasteiger partial charge in [0.15, 0.2) is 6.61 Å². The number of benzene rings is 1. The first kappa shape index (κ1) is 14.4. The summed E-state index contributed by atoms with van der Waals surface area (Å²) in [5.74, 6) is 1.43. The van der Waals surface area contributed by atoms with E-state index in [1.165, 1.54) is 0 Å². The molecular formula is C14H22N2O2. The van der Waals surface area contributed by atoms with Crippen molar-refractivity contribution in [3.05, 3.63) is 24.3 Å². The molecule has 1 amide bonds. The van der Waals surface area contributed by atoms with E-state index < -0.39 is 0 Å². The molecule has 100 valence electrons. The number of carbonyl (C=O) groups excluding carboxylic acids is 1. The van der Waals surface area contributed by atoms with E-state index >= 15 is 0 Å². The third kappa shape index (κ3) is 4.65. The molecule has 0 heterocycles. The van der Waals surface area contributed by atoms with E-state index in [1.54, 1.807) is 12.1 Å². The van der Waals surface area contributed by atoms with Crippen LogP contribution in [0, 0.1) is 11.8 Å². The standard InChI is InChI=1S/C14H22N2O2/c1-10(2)11(3)8-16-14(17)9-18-13-7-5-4-6-12(13)15/h4-7,10-11H,8-9,15H2,1-3H3,(H,16,17). The molecule has 0 spiro atoms. The minimum Gasteiger partial charge on any atom is -0.482 e. The summed E-state index contributed by atoms with van der Waals surface area (Å²) in [5.41, 5.74) is 6.25. The number of ether oxygens (including phenoxy) is 1. The molecule has 1 rings (SSSR count). The molecule has 18 heavy (non-hydrogen) atoms. The zero-order valence-corrected chi connectivity index (χ0v) is 11.3. The molecule has 0 aliphatic rings. The van der Waals surface area contributed by atoms with Crippen LogP contribution in [0.1, 0.15) is 20.8 Å². The minimum absolute atomic E-state index is 0.000964. The normalized spacial score (nSPS) is 12.2. The van der Waals surface area contributed by atoms with E-state index in [9.17, 15) is 4.79 Å². The Morgan fingerprint density at radius 3 is 2.61 bits per heavy atom. The number of rotatable bonds is 6. The van der Waals surface area contributed by atoms with E-state index in [1.807, 2.05) is 12.1 Å². The van der Waals surface area contributed by atoms with Crippen molar-refractivity contribution in [2.24, 2.45) is 11.8 Å². The van der Waals surface area contributed by atoms with Gasteiger partial charge in [0.25, 0.3) is 5.91 Å². The quantitative estimate of drug-likeness (QED) is 0.759. The highest BCUT2D eigenvalue weighted by atomic mass is 16.5. The second-order valence-electron chi connectivity index (χ2n) is 4.85. The summed E-state index contributed by atoms with van der Waals surface area (Å²) in [6.45, 7) is 7.06. The van der Waals surface area contributed by atoms with Crippen molar-refractivity contribution < 1.29 is 9.53 Å². The van der Waals surface area contributed by atoms with Crippen molar-refractivity contribution in [1.29, 1.82) is 0 Å². The Morgan fingerprint density at radius 2 is 2.00 bits per heavy atom. The fraction of sp³-hybridized carbons (Fsp3) is 0.500. The number of para-hydroxylation sites is 2. The van der Waals surface area contributed by atoms with Crippen molar-refractivity contribution in [3.8, 4) is 5.75 Å². The maximum absolute atomic E-state index is 11.6. The van der Waals surface area contributed by atoms with Crippen molar-refractivity contribution >= 4 is 11.6 Å². The Bertz CT molecular complexity index is 391. The van der Waals surface area contributed by atoms with Gasteiger partial charge in [-0.15, -0.1) is 0 Å². The first-order chi connectivity index (χ1) is 8.50. The van der Waals surface area contributed by atoms with Gasteiger partial charge in [-0.2, -0.15) is 0 Å². The third-order valence-corrected chi connectivity index (χ3v) is 3.04. The molecule has 0 bridgehead atoms. The number of carbonyl (C=O) groups is 1. The van der Waals surface area contributed by atoms with E-state index in [2.05, 4.69) is 26.1 Å². The second-order valence-corrected chi connectivity index (χ2v) is 4.85. The molecule has 0 fully saturated rings. The summed E-state index contributed by atoms with van der Waals surface area (Å²) in [5, 5.41) is 2.85. The Hall–Kier alpha value is -1.71. The number of hydrogen-bond acceptors (Lipinski definition) is 3. The minimum atomic E-state index is -0.120. The van der Waals surface area contributed by atoms with E-state index in [0.29, 0.717) is 29.8 Å². The average Bonchev–Trinajstić information content (AvgIpc) is 2.34. The van der Waals surface area contributed by atoms with E-state index in [0.717, 1.165) is 0 Å². The van der Waals surface area contributed by atoms with Gasteiger partial charge < -0.3 is 15.8 Å².